The largest absolute Gasteiger partial charge is 0.497 e. The molecule has 0 bridgehead atoms. The Kier molecular flexibility index (Phi) is 9.86. The lowest BCUT2D eigenvalue weighted by atomic mass is 9.95. The Morgan fingerprint density at radius 2 is 1.59 bits per heavy atom. The molecule has 4 rings (SSSR count). The maximum Gasteiger partial charge on any atom is 0.270 e. The SMILES string of the molecule is COc1ccc(CN(C)S(=O)(=O)C[C@](C)(N[S@](=O)C(C)(C)C)c2cn(S(=O)(=O)c3ccc(C)cc3)c3ccc([N+](=O)[O-])cc23)cc1. The highest BCUT2D eigenvalue weighted by atomic mass is 32.2. The first-order chi connectivity index (χ1) is 21.3. The van der Waals surface area contributed by atoms with Crippen LogP contribution in [0.2, 0.25) is 0 Å². The lowest BCUT2D eigenvalue weighted by Crippen LogP contribution is -2.51. The molecule has 1 aromatic heterocycles. The average Bonchev–Trinajstić information content (AvgIpc) is 3.38. The van der Waals surface area contributed by atoms with Gasteiger partial charge < -0.3 is 4.74 Å². The van der Waals surface area contributed by atoms with E-state index in [4.69, 9.17) is 4.74 Å². The third-order valence-electron chi connectivity index (χ3n) is 7.52. The van der Waals surface area contributed by atoms with Gasteiger partial charge in [-0.25, -0.2) is 34.0 Å². The number of benzene rings is 3. The highest BCUT2D eigenvalue weighted by molar-refractivity contribution is 7.90. The first-order valence-electron chi connectivity index (χ1n) is 14.2. The van der Waals surface area contributed by atoms with Crippen LogP contribution < -0.4 is 9.46 Å². The lowest BCUT2D eigenvalue weighted by molar-refractivity contribution is -0.384. The number of nitro groups is 1. The standard InChI is InChI=1S/C31H38N4O8S3/c1-22-8-15-26(16-9-22)46(41,42)34-20-28(27-18-24(35(36)37)12-17-29(27)34)31(5,32-44(38)30(2,3)4)21-45(39,40)33(6)19-23-10-13-25(43-7)14-11-23/h8-18,20,32H,19,21H2,1-7H3/t31-,44+/m0/s1. The molecule has 12 nitrogen and oxygen atoms in total. The van der Waals surface area contributed by atoms with E-state index in [1.165, 1.54) is 57.6 Å². The fourth-order valence-corrected chi connectivity index (χ4v) is 8.73. The van der Waals surface area contributed by atoms with E-state index < -0.39 is 52.0 Å². The second-order valence-corrected chi connectivity index (χ2v) is 18.1. The second kappa shape index (κ2) is 12.9. The summed E-state index contributed by atoms with van der Waals surface area (Å²) < 4.78 is 78.9. The molecule has 0 aliphatic rings. The molecule has 46 heavy (non-hydrogen) atoms. The van der Waals surface area contributed by atoms with Crippen molar-refractivity contribution in [1.82, 2.24) is 13.0 Å². The number of fused-ring (bicyclic) bond motifs is 1. The van der Waals surface area contributed by atoms with E-state index in [9.17, 15) is 31.2 Å². The molecular formula is C31H38N4O8S3. The van der Waals surface area contributed by atoms with E-state index >= 15 is 0 Å². The van der Waals surface area contributed by atoms with Crippen molar-refractivity contribution in [2.75, 3.05) is 19.9 Å². The predicted molar refractivity (Wildman–Crippen MR) is 179 cm³/mol. The number of aryl methyl sites for hydroxylation is 1. The van der Waals surface area contributed by atoms with Crippen LogP contribution in [0.5, 0.6) is 5.75 Å². The average molecular weight is 691 g/mol. The topological polar surface area (TPSA) is 158 Å². The van der Waals surface area contributed by atoms with Crippen LogP contribution in [0.1, 0.15) is 44.4 Å². The van der Waals surface area contributed by atoms with Crippen molar-refractivity contribution in [2.45, 2.75) is 56.3 Å². The number of non-ortho nitro benzene ring substituents is 1. The number of nitrogens with zero attached hydrogens (tertiary/aromatic N) is 3. The fourth-order valence-electron chi connectivity index (χ4n) is 4.85. The summed E-state index contributed by atoms with van der Waals surface area (Å²) in [6.07, 6.45) is 1.26. The van der Waals surface area contributed by atoms with Crippen molar-refractivity contribution < 1.29 is 30.7 Å². The smallest absolute Gasteiger partial charge is 0.270 e. The number of aromatic nitrogens is 1. The molecule has 15 heteroatoms. The van der Waals surface area contributed by atoms with Gasteiger partial charge in [-0.05, 0) is 70.5 Å². The van der Waals surface area contributed by atoms with Crippen LogP contribution in [-0.4, -0.2) is 58.9 Å². The Bertz CT molecular complexity index is 2000. The van der Waals surface area contributed by atoms with Gasteiger partial charge >= 0.3 is 0 Å². The summed E-state index contributed by atoms with van der Waals surface area (Å²) in [5.41, 5.74) is -0.264. The highest BCUT2D eigenvalue weighted by Gasteiger charge is 2.41. The highest BCUT2D eigenvalue weighted by Crippen LogP contribution is 2.37. The Balaban J connectivity index is 1.92. The van der Waals surface area contributed by atoms with Gasteiger partial charge in [0.05, 0.1) is 49.5 Å². The first kappa shape index (κ1) is 35.2. The number of nitro benzene ring substituents is 1. The van der Waals surface area contributed by atoms with E-state index in [0.29, 0.717) is 11.3 Å². The van der Waals surface area contributed by atoms with Crippen molar-refractivity contribution in [2.24, 2.45) is 0 Å². The summed E-state index contributed by atoms with van der Waals surface area (Å²) in [4.78, 5) is 11.2. The molecule has 0 fully saturated rings. The van der Waals surface area contributed by atoms with Crippen molar-refractivity contribution in [1.29, 1.82) is 0 Å². The minimum absolute atomic E-state index is 0.0137. The van der Waals surface area contributed by atoms with Crippen LogP contribution >= 0.6 is 0 Å². The van der Waals surface area contributed by atoms with Crippen LogP contribution in [0, 0.1) is 17.0 Å². The van der Waals surface area contributed by atoms with Gasteiger partial charge in [-0.3, -0.25) is 10.1 Å². The number of methoxy groups -OCH3 is 1. The maximum absolute atomic E-state index is 14.0. The van der Waals surface area contributed by atoms with Gasteiger partial charge in [0.1, 0.15) is 5.75 Å². The molecule has 0 aliphatic carbocycles. The third-order valence-corrected chi connectivity index (χ3v) is 13.0. The van der Waals surface area contributed by atoms with Crippen molar-refractivity contribution >= 4 is 47.6 Å². The summed E-state index contributed by atoms with van der Waals surface area (Å²) in [7, 11) is -7.29. The fraction of sp³-hybridized carbons (Fsp3) is 0.355. The molecule has 0 saturated heterocycles. The van der Waals surface area contributed by atoms with Crippen LogP contribution in [-0.2, 0) is 43.1 Å². The van der Waals surface area contributed by atoms with Crippen LogP contribution in [0.4, 0.5) is 5.69 Å². The molecule has 0 aliphatic heterocycles. The molecule has 0 saturated carbocycles. The minimum atomic E-state index is -4.25. The van der Waals surface area contributed by atoms with Gasteiger partial charge in [-0.1, -0.05) is 29.8 Å². The van der Waals surface area contributed by atoms with Crippen LogP contribution in [0.25, 0.3) is 10.9 Å². The number of rotatable bonds is 12. The van der Waals surface area contributed by atoms with Crippen molar-refractivity contribution in [3.63, 3.8) is 0 Å². The van der Waals surface area contributed by atoms with Gasteiger partial charge in [0, 0.05) is 42.9 Å². The van der Waals surface area contributed by atoms with E-state index in [-0.39, 0.29) is 33.6 Å². The zero-order valence-electron chi connectivity index (χ0n) is 26.7. The molecule has 4 aromatic rings. The zero-order valence-corrected chi connectivity index (χ0v) is 29.1. The molecule has 248 valence electrons. The predicted octanol–water partition coefficient (Wildman–Crippen LogP) is 4.83. The monoisotopic (exact) mass is 690 g/mol. The summed E-state index contributed by atoms with van der Waals surface area (Å²) >= 11 is 0. The summed E-state index contributed by atoms with van der Waals surface area (Å²) in [6.45, 7) is 8.45. The Morgan fingerprint density at radius 3 is 2.13 bits per heavy atom. The van der Waals surface area contributed by atoms with Gasteiger partial charge in [0.2, 0.25) is 10.0 Å². The van der Waals surface area contributed by atoms with Crippen LogP contribution in [0.15, 0.2) is 77.8 Å². The Morgan fingerprint density at radius 1 is 0.978 bits per heavy atom. The minimum Gasteiger partial charge on any atom is -0.497 e. The van der Waals surface area contributed by atoms with E-state index in [0.717, 1.165) is 13.8 Å². The molecule has 0 radical (unpaired) electrons. The first-order valence-corrected chi connectivity index (χ1v) is 18.4. The number of hydrogen-bond acceptors (Lipinski definition) is 8. The molecule has 1 N–H and O–H groups in total. The maximum atomic E-state index is 14.0. The molecule has 2 atom stereocenters. The second-order valence-electron chi connectivity index (χ2n) is 12.3. The molecule has 3 aromatic carbocycles. The normalized spacial score (nSPS) is 14.7. The number of ether oxygens (including phenoxy) is 1. The van der Waals surface area contributed by atoms with Gasteiger partial charge in [0.25, 0.3) is 15.7 Å². The van der Waals surface area contributed by atoms with E-state index in [1.807, 2.05) is 6.92 Å². The van der Waals surface area contributed by atoms with Gasteiger partial charge in [0.15, 0.2) is 0 Å². The molecule has 0 unspecified atom stereocenters. The molecule has 0 spiro atoms. The number of sulfonamides is 1. The van der Waals surface area contributed by atoms with Crippen molar-refractivity contribution in [3.05, 3.63) is 99.7 Å². The van der Waals surface area contributed by atoms with Gasteiger partial charge in [-0.15, -0.1) is 0 Å². The molecular weight excluding hydrogens is 653 g/mol. The molecule has 0 amide bonds. The Labute approximate surface area is 272 Å². The quantitative estimate of drug-likeness (QED) is 0.164. The van der Waals surface area contributed by atoms with Crippen molar-refractivity contribution in [3.8, 4) is 5.75 Å². The van der Waals surface area contributed by atoms with Crippen LogP contribution in [0.3, 0.4) is 0 Å². The zero-order chi connectivity index (χ0) is 34.2. The van der Waals surface area contributed by atoms with E-state index in [1.54, 1.807) is 57.2 Å². The van der Waals surface area contributed by atoms with Gasteiger partial charge in [-0.2, -0.15) is 0 Å². The summed E-state index contributed by atoms with van der Waals surface area (Å²) in [5.74, 6) is -0.0392. The number of hydrogen-bond donors (Lipinski definition) is 1. The number of nitrogens with one attached hydrogen (secondary N) is 1. The Hall–Kier alpha value is -3.63. The van der Waals surface area contributed by atoms with E-state index in [2.05, 4.69) is 4.72 Å². The summed E-state index contributed by atoms with van der Waals surface area (Å²) in [6, 6.07) is 16.8. The lowest BCUT2D eigenvalue weighted by Gasteiger charge is -2.34. The third kappa shape index (κ3) is 7.33. The summed E-state index contributed by atoms with van der Waals surface area (Å²) in [5, 5.41) is 11.9. The molecule has 1 heterocycles.